The summed E-state index contributed by atoms with van der Waals surface area (Å²) >= 11 is 12.3. The number of nitrogens with one attached hydrogen (secondary N) is 1. The number of aryl methyl sites for hydroxylation is 1. The van der Waals surface area contributed by atoms with Gasteiger partial charge in [-0.2, -0.15) is 0 Å². The first kappa shape index (κ1) is 22.9. The van der Waals surface area contributed by atoms with Crippen LogP contribution in [0, 0.1) is 6.92 Å². The molecule has 0 aliphatic heterocycles. The van der Waals surface area contributed by atoms with Crippen LogP contribution in [0.1, 0.15) is 24.2 Å². The van der Waals surface area contributed by atoms with Crippen molar-refractivity contribution in [1.82, 2.24) is 5.16 Å². The van der Waals surface area contributed by atoms with Crippen LogP contribution in [0.4, 0.5) is 16.2 Å². The van der Waals surface area contributed by atoms with Crippen LogP contribution in [0.15, 0.2) is 47.0 Å². The number of benzene rings is 2. The minimum absolute atomic E-state index is 0.225. The van der Waals surface area contributed by atoms with Gasteiger partial charge in [-0.1, -0.05) is 34.4 Å². The van der Waals surface area contributed by atoms with E-state index in [0.29, 0.717) is 32.6 Å². The Morgan fingerprint density at radius 1 is 1.19 bits per heavy atom. The maximum absolute atomic E-state index is 12.2. The van der Waals surface area contributed by atoms with Gasteiger partial charge in [0.05, 0.1) is 12.3 Å². The highest BCUT2D eigenvalue weighted by molar-refractivity contribution is 7.92. The van der Waals surface area contributed by atoms with E-state index >= 15 is 0 Å². The number of aromatic nitrogens is 1. The van der Waals surface area contributed by atoms with Gasteiger partial charge in [0.1, 0.15) is 11.4 Å². The normalized spacial score (nSPS) is 12.4. The minimum atomic E-state index is -3.43. The van der Waals surface area contributed by atoms with Crippen molar-refractivity contribution in [2.75, 3.05) is 15.9 Å². The number of halogens is 2. The van der Waals surface area contributed by atoms with E-state index in [1.165, 1.54) is 0 Å². The van der Waals surface area contributed by atoms with E-state index in [1.807, 2.05) is 0 Å². The van der Waals surface area contributed by atoms with Gasteiger partial charge in [-0.15, -0.1) is 0 Å². The average molecular weight is 484 g/mol. The number of anilines is 2. The molecule has 0 aliphatic rings. The van der Waals surface area contributed by atoms with Crippen molar-refractivity contribution in [2.45, 2.75) is 19.9 Å². The fraction of sp³-hybridized carbons (Fsp3) is 0.200. The Morgan fingerprint density at radius 2 is 1.84 bits per heavy atom. The molecule has 1 aromatic heterocycles. The van der Waals surface area contributed by atoms with Crippen molar-refractivity contribution in [1.29, 1.82) is 0 Å². The Hall–Kier alpha value is -2.75. The van der Waals surface area contributed by atoms with Crippen LogP contribution in [-0.2, 0) is 10.0 Å². The van der Waals surface area contributed by atoms with Gasteiger partial charge in [0.2, 0.25) is 10.0 Å². The molecule has 1 heterocycles. The Bertz CT molecular complexity index is 1230. The molecule has 3 rings (SSSR count). The third kappa shape index (κ3) is 5.12. The smallest absolute Gasteiger partial charge is 0.412 e. The predicted molar refractivity (Wildman–Crippen MR) is 121 cm³/mol. The van der Waals surface area contributed by atoms with Gasteiger partial charge in [-0.05, 0) is 55.8 Å². The lowest BCUT2D eigenvalue weighted by atomic mass is 10.0. The first-order valence-electron chi connectivity index (χ1n) is 8.99. The molecule has 3 aromatic rings. The molecule has 1 atom stereocenters. The number of carbonyl (C=O) groups is 1. The zero-order chi connectivity index (χ0) is 22.9. The first-order chi connectivity index (χ1) is 14.5. The lowest BCUT2D eigenvalue weighted by Gasteiger charge is -2.27. The Labute approximate surface area is 189 Å². The molecule has 0 spiro atoms. The number of hydrogen-bond acceptors (Lipinski definition) is 5. The highest BCUT2D eigenvalue weighted by atomic mass is 35.5. The second-order valence-corrected chi connectivity index (χ2v) is 9.48. The fourth-order valence-corrected chi connectivity index (χ4v) is 4.31. The Balaban J connectivity index is 2.05. The molecule has 1 unspecified atom stereocenters. The average Bonchev–Trinajstić information content (AvgIpc) is 3.02. The number of nitrogens with zero attached hydrogens (tertiary/aromatic N) is 2. The molecule has 0 bridgehead atoms. The van der Waals surface area contributed by atoms with Crippen LogP contribution >= 0.6 is 23.2 Å². The Morgan fingerprint density at radius 3 is 2.39 bits per heavy atom. The van der Waals surface area contributed by atoms with Gasteiger partial charge in [0.15, 0.2) is 5.76 Å². The number of carboxylic acid groups (broad SMARTS) is 1. The number of sulfonamides is 1. The molecule has 0 saturated carbocycles. The molecule has 8 nitrogen and oxygen atoms in total. The van der Waals surface area contributed by atoms with Crippen molar-refractivity contribution in [3.8, 4) is 11.3 Å². The second-order valence-electron chi connectivity index (χ2n) is 6.89. The van der Waals surface area contributed by atoms with E-state index < -0.39 is 22.2 Å². The zero-order valence-electron chi connectivity index (χ0n) is 16.8. The Kier molecular flexibility index (Phi) is 6.49. The first-order valence-corrected chi connectivity index (χ1v) is 11.6. The number of hydrogen-bond donors (Lipinski definition) is 2. The van der Waals surface area contributed by atoms with Gasteiger partial charge in [-0.25, -0.2) is 13.2 Å². The van der Waals surface area contributed by atoms with Crippen molar-refractivity contribution in [3.63, 3.8) is 0 Å². The number of rotatable bonds is 6. The van der Waals surface area contributed by atoms with Crippen molar-refractivity contribution in [3.05, 3.63) is 63.8 Å². The second kappa shape index (κ2) is 8.78. The van der Waals surface area contributed by atoms with E-state index in [0.717, 1.165) is 11.2 Å². The van der Waals surface area contributed by atoms with Gasteiger partial charge in [-0.3, -0.25) is 9.62 Å². The fourth-order valence-electron chi connectivity index (χ4n) is 3.18. The lowest BCUT2D eigenvalue weighted by molar-refractivity contribution is 0.199. The van der Waals surface area contributed by atoms with Gasteiger partial charge < -0.3 is 9.63 Å². The van der Waals surface area contributed by atoms with Gasteiger partial charge in [0, 0.05) is 21.3 Å². The van der Waals surface area contributed by atoms with Crippen LogP contribution < -0.4 is 9.62 Å². The molecule has 2 aromatic carbocycles. The summed E-state index contributed by atoms with van der Waals surface area (Å²) in [7, 11) is -3.43. The van der Waals surface area contributed by atoms with Crippen molar-refractivity contribution in [2.24, 2.45) is 0 Å². The summed E-state index contributed by atoms with van der Waals surface area (Å²) in [6, 6.07) is 10.5. The molecule has 0 radical (unpaired) electrons. The molecule has 11 heteroatoms. The quantitative estimate of drug-likeness (QED) is 0.473. The molecule has 0 saturated heterocycles. The highest BCUT2D eigenvalue weighted by Gasteiger charge is 2.31. The van der Waals surface area contributed by atoms with E-state index in [1.54, 1.807) is 56.3 Å². The monoisotopic (exact) mass is 483 g/mol. The maximum atomic E-state index is 12.2. The summed E-state index contributed by atoms with van der Waals surface area (Å²) in [5.74, 6) is 0.225. The van der Waals surface area contributed by atoms with Crippen LogP contribution in [0.3, 0.4) is 0 Å². The van der Waals surface area contributed by atoms with Crippen LogP contribution in [0.5, 0.6) is 0 Å². The van der Waals surface area contributed by atoms with Gasteiger partial charge >= 0.3 is 6.09 Å². The third-order valence-corrected chi connectivity index (χ3v) is 5.70. The van der Waals surface area contributed by atoms with E-state index in [2.05, 4.69) is 9.88 Å². The summed E-state index contributed by atoms with van der Waals surface area (Å²) in [6.45, 7) is 3.33. The molecule has 0 fully saturated rings. The SMILES string of the molecule is Cc1noc(-c2ccc(NS(C)(=O)=O)cc2)c1N(C(=O)O)C(C)c1ccc(Cl)cc1Cl. The molecule has 1 amide bonds. The van der Waals surface area contributed by atoms with Crippen molar-refractivity contribution < 1.29 is 22.8 Å². The largest absolute Gasteiger partial charge is 0.465 e. The topological polar surface area (TPSA) is 113 Å². The summed E-state index contributed by atoms with van der Waals surface area (Å²) in [6.07, 6.45) is -0.172. The number of amides is 1. The standard InChI is InChI=1S/C20H19Cl2N3O5S/c1-11-18(25(20(26)27)12(2)16-9-6-14(21)10-17(16)22)19(30-23-11)13-4-7-15(8-5-13)24-31(3,28)29/h4-10,12,24H,1-3H3,(H,26,27). The molecule has 164 valence electrons. The predicted octanol–water partition coefficient (Wildman–Crippen LogP) is 5.57. The molecule has 0 aliphatic carbocycles. The van der Waals surface area contributed by atoms with Crippen LogP contribution in [-0.4, -0.2) is 31.0 Å². The summed E-state index contributed by atoms with van der Waals surface area (Å²) < 4.78 is 30.6. The van der Waals surface area contributed by atoms with E-state index in [9.17, 15) is 18.3 Å². The van der Waals surface area contributed by atoms with E-state index in [4.69, 9.17) is 27.7 Å². The van der Waals surface area contributed by atoms with Crippen LogP contribution in [0.2, 0.25) is 10.0 Å². The third-order valence-electron chi connectivity index (χ3n) is 4.53. The minimum Gasteiger partial charge on any atom is -0.465 e. The summed E-state index contributed by atoms with van der Waals surface area (Å²) in [5.41, 5.74) is 2.07. The summed E-state index contributed by atoms with van der Waals surface area (Å²) in [5, 5.41) is 14.7. The van der Waals surface area contributed by atoms with E-state index in [-0.39, 0.29) is 11.4 Å². The molecular formula is C20H19Cl2N3O5S. The lowest BCUT2D eigenvalue weighted by Crippen LogP contribution is -2.33. The molecular weight excluding hydrogens is 465 g/mol. The van der Waals surface area contributed by atoms with Gasteiger partial charge in [0.25, 0.3) is 0 Å². The molecule has 2 N–H and O–H groups in total. The maximum Gasteiger partial charge on any atom is 0.412 e. The van der Waals surface area contributed by atoms with Crippen LogP contribution in [0.25, 0.3) is 11.3 Å². The van der Waals surface area contributed by atoms with Crippen molar-refractivity contribution >= 4 is 50.7 Å². The summed E-state index contributed by atoms with van der Waals surface area (Å²) in [4.78, 5) is 13.4. The highest BCUT2D eigenvalue weighted by Crippen LogP contribution is 2.40. The zero-order valence-corrected chi connectivity index (χ0v) is 19.1. The molecule has 31 heavy (non-hydrogen) atoms.